The number of rotatable bonds is 18. The van der Waals surface area contributed by atoms with Gasteiger partial charge in [-0.1, -0.05) is 12.8 Å². The average molecular weight is 910 g/mol. The maximum Gasteiger partial charge on any atom is 0.348 e. The number of ketones is 1. The van der Waals surface area contributed by atoms with Crippen molar-refractivity contribution in [1.82, 2.24) is 34.7 Å². The molecule has 0 spiro atoms. The highest BCUT2D eigenvalue weighted by Crippen LogP contribution is 2.33. The molecule has 1 aliphatic carbocycles. The molecule has 0 radical (unpaired) electrons. The second kappa shape index (κ2) is 20.7. The lowest BCUT2D eigenvalue weighted by molar-refractivity contribution is -0.380. The van der Waals surface area contributed by atoms with Crippen molar-refractivity contribution in [3.63, 3.8) is 0 Å². The quantitative estimate of drug-likeness (QED) is 0.0342. The number of benzene rings is 1. The van der Waals surface area contributed by atoms with Gasteiger partial charge in [0, 0.05) is 69.5 Å². The Bertz CT molecular complexity index is 2660. The first-order chi connectivity index (χ1) is 31.2. The number of fused-ring (bicyclic) bond motifs is 1. The summed E-state index contributed by atoms with van der Waals surface area (Å²) in [5.74, 6) is -0.478. The highest BCUT2D eigenvalue weighted by atomic mass is 32.1. The number of anilines is 6. The van der Waals surface area contributed by atoms with Gasteiger partial charge in [0.05, 0.1) is 53.4 Å². The number of nitrogens with one attached hydrogen (secondary N) is 5. The molecular formula is C43H51N13O8S. The fourth-order valence-electron chi connectivity index (χ4n) is 8.05. The molecule has 1 saturated carbocycles. The van der Waals surface area contributed by atoms with E-state index in [1.54, 1.807) is 36.0 Å². The van der Waals surface area contributed by atoms with Crippen molar-refractivity contribution in [2.24, 2.45) is 0 Å². The highest BCUT2D eigenvalue weighted by molar-refractivity contribution is 7.19. The second-order valence-electron chi connectivity index (χ2n) is 15.8. The lowest BCUT2D eigenvalue weighted by Gasteiger charge is -2.35. The first-order valence-electron chi connectivity index (χ1n) is 21.3. The van der Waals surface area contributed by atoms with Gasteiger partial charge in [0.2, 0.25) is 17.8 Å². The van der Waals surface area contributed by atoms with E-state index >= 15 is 0 Å². The number of Topliss-reactive ketones (excluding diaryl/α,β-unsaturated/α-hetero) is 1. The van der Waals surface area contributed by atoms with Crippen molar-refractivity contribution in [2.45, 2.75) is 59.4 Å². The van der Waals surface area contributed by atoms with E-state index in [0.717, 1.165) is 42.7 Å². The molecular weight excluding hydrogens is 859 g/mol. The van der Waals surface area contributed by atoms with E-state index in [1.807, 2.05) is 12.1 Å². The van der Waals surface area contributed by atoms with Crippen molar-refractivity contribution >= 4 is 84.8 Å². The number of thiazole rings is 1. The number of aromatic nitrogens is 5. The zero-order valence-electron chi connectivity index (χ0n) is 36.6. The number of aryl methyl sites for hydroxylation is 2. The van der Waals surface area contributed by atoms with E-state index in [9.17, 15) is 34.1 Å². The lowest BCUT2D eigenvalue weighted by atomic mass is 10.0. The first kappa shape index (κ1) is 46.1. The Labute approximate surface area is 377 Å². The number of amides is 3. The molecule has 1 aromatic carbocycles. The Morgan fingerprint density at radius 1 is 0.938 bits per heavy atom. The number of carbonyl (C=O) groups is 4. The minimum Gasteiger partial charge on any atom is -0.383 e. The summed E-state index contributed by atoms with van der Waals surface area (Å²) < 4.78 is 7.37. The summed E-state index contributed by atoms with van der Waals surface area (Å²) in [6, 6.07) is 8.60. The van der Waals surface area contributed by atoms with E-state index in [1.165, 1.54) is 26.8 Å². The fraction of sp³-hybridized carbons (Fsp3) is 0.419. The third-order valence-electron chi connectivity index (χ3n) is 11.2. The van der Waals surface area contributed by atoms with Crippen LogP contribution in [-0.4, -0.2) is 117 Å². The topological polar surface area (TPSA) is 261 Å². The predicted molar refractivity (Wildman–Crippen MR) is 247 cm³/mol. The lowest BCUT2D eigenvalue weighted by Crippen LogP contribution is -2.49. The van der Waals surface area contributed by atoms with Gasteiger partial charge in [0.15, 0.2) is 10.9 Å². The average Bonchev–Trinajstić information content (AvgIpc) is 3.93. The molecule has 2 fully saturated rings. The van der Waals surface area contributed by atoms with E-state index in [0.29, 0.717) is 86.5 Å². The standard InChI is InChI=1S/C43H51N13O8S/c1-25-33-23-47-42(51-38(33)55(30-7-5-6-8-30)40(61)37(25)27(3)57)50-35-12-10-31(22-46-35)54-17-15-53(16-18-54)24-36(59)45-14-20-64-19-13-44-29-9-11-32(34(21-29)49-28(4)58)39(60)52-43-48-26(2)41(65-43)56(62)63/h9-12,21-23,30,44H,5-8,13-20,24H2,1-4H3,(H,45,59)(H,49,58)(H,48,52,60)(H,46,47,50,51). The van der Waals surface area contributed by atoms with E-state index < -0.39 is 10.8 Å². The van der Waals surface area contributed by atoms with Gasteiger partial charge < -0.3 is 30.9 Å². The highest BCUT2D eigenvalue weighted by Gasteiger charge is 2.27. The largest absolute Gasteiger partial charge is 0.383 e. The van der Waals surface area contributed by atoms with Crippen molar-refractivity contribution in [1.29, 1.82) is 0 Å². The van der Waals surface area contributed by atoms with Crippen LogP contribution >= 0.6 is 11.3 Å². The van der Waals surface area contributed by atoms with E-state index in [2.05, 4.69) is 51.3 Å². The molecule has 0 unspecified atom stereocenters. The number of ether oxygens (including phenoxy) is 1. The van der Waals surface area contributed by atoms with Crippen molar-refractivity contribution in [2.75, 3.05) is 85.2 Å². The summed E-state index contributed by atoms with van der Waals surface area (Å²) in [5.41, 5.74) is 3.15. The van der Waals surface area contributed by atoms with Crippen LogP contribution in [0.15, 0.2) is 47.5 Å². The zero-order valence-corrected chi connectivity index (χ0v) is 37.4. The van der Waals surface area contributed by atoms with Gasteiger partial charge in [0.25, 0.3) is 11.5 Å². The maximum absolute atomic E-state index is 13.6. The Morgan fingerprint density at radius 2 is 1.69 bits per heavy atom. The number of pyridine rings is 2. The number of piperazine rings is 1. The molecule has 5 aromatic rings. The zero-order chi connectivity index (χ0) is 46.2. The Kier molecular flexibility index (Phi) is 14.7. The summed E-state index contributed by atoms with van der Waals surface area (Å²) in [7, 11) is 0. The third-order valence-corrected chi connectivity index (χ3v) is 12.2. The number of hydrogen-bond donors (Lipinski definition) is 5. The molecule has 2 aliphatic rings. The van der Waals surface area contributed by atoms with Gasteiger partial charge in [-0.25, -0.2) is 15.0 Å². The number of hydrogen-bond acceptors (Lipinski definition) is 17. The van der Waals surface area contributed by atoms with Crippen molar-refractivity contribution in [3.05, 3.63) is 85.6 Å². The molecule has 5 N–H and O–H groups in total. The van der Waals surface area contributed by atoms with Gasteiger partial charge in [-0.15, -0.1) is 0 Å². The van der Waals surface area contributed by atoms with Crippen LogP contribution in [0.1, 0.15) is 77.5 Å². The molecule has 1 aliphatic heterocycles. The first-order valence-corrected chi connectivity index (χ1v) is 22.1. The molecule has 65 heavy (non-hydrogen) atoms. The predicted octanol–water partition coefficient (Wildman–Crippen LogP) is 4.81. The summed E-state index contributed by atoms with van der Waals surface area (Å²) in [6.45, 7) is 10.5. The fourth-order valence-corrected chi connectivity index (χ4v) is 8.82. The molecule has 22 heteroatoms. The monoisotopic (exact) mass is 909 g/mol. The van der Waals surface area contributed by atoms with Crippen LogP contribution in [0.4, 0.5) is 39.0 Å². The molecule has 3 amide bonds. The summed E-state index contributed by atoms with van der Waals surface area (Å²) in [5, 5.41) is 26.2. The Morgan fingerprint density at radius 3 is 2.37 bits per heavy atom. The Hall–Kier alpha value is -6.91. The van der Waals surface area contributed by atoms with E-state index in [-0.39, 0.29) is 68.4 Å². The van der Waals surface area contributed by atoms with Crippen molar-refractivity contribution in [3.8, 4) is 0 Å². The molecule has 21 nitrogen and oxygen atoms in total. The van der Waals surface area contributed by atoms with Gasteiger partial charge in [-0.05, 0) is 80.8 Å². The molecule has 4 aromatic heterocycles. The van der Waals surface area contributed by atoms with Crippen LogP contribution in [0.3, 0.4) is 0 Å². The number of carbonyl (C=O) groups excluding carboxylic acids is 4. The Balaban J connectivity index is 0.814. The molecule has 1 saturated heterocycles. The SMILES string of the molecule is CC(=O)Nc1cc(NCCOCCNC(=O)CN2CCN(c3ccc(Nc4ncc5c(C)c(C(C)=O)c(=O)n(C6CCCC6)c5n4)nc3)CC2)ccc1C(=O)Nc1nc(C)c([N+](=O)[O-])s1. The van der Waals surface area contributed by atoms with E-state index in [4.69, 9.17) is 9.72 Å². The van der Waals surface area contributed by atoms with Crippen LogP contribution in [0.2, 0.25) is 0 Å². The summed E-state index contributed by atoms with van der Waals surface area (Å²) in [4.78, 5) is 96.4. The van der Waals surface area contributed by atoms with Crippen LogP contribution < -0.4 is 37.0 Å². The maximum atomic E-state index is 13.6. The third kappa shape index (κ3) is 11.3. The van der Waals surface area contributed by atoms with Crippen LogP contribution in [0, 0.1) is 24.0 Å². The van der Waals surface area contributed by atoms with Gasteiger partial charge in [-0.2, -0.15) is 4.98 Å². The van der Waals surface area contributed by atoms with Crippen LogP contribution in [0.5, 0.6) is 0 Å². The van der Waals surface area contributed by atoms with Gasteiger partial charge in [0.1, 0.15) is 17.2 Å². The van der Waals surface area contributed by atoms with Crippen molar-refractivity contribution < 1.29 is 28.8 Å². The summed E-state index contributed by atoms with van der Waals surface area (Å²) >= 11 is 0.746. The number of nitrogens with zero attached hydrogens (tertiary/aromatic N) is 8. The second-order valence-corrected chi connectivity index (χ2v) is 16.8. The molecule has 0 bridgehead atoms. The number of nitro groups is 1. The van der Waals surface area contributed by atoms with Crippen LogP contribution in [0.25, 0.3) is 11.0 Å². The van der Waals surface area contributed by atoms with Gasteiger partial charge >= 0.3 is 5.00 Å². The van der Waals surface area contributed by atoms with Crippen LogP contribution in [-0.2, 0) is 14.3 Å². The minimum atomic E-state index is -0.586. The molecule has 7 rings (SSSR count). The summed E-state index contributed by atoms with van der Waals surface area (Å²) in [6.07, 6.45) is 7.20. The molecule has 0 atom stereocenters. The van der Waals surface area contributed by atoms with Gasteiger partial charge in [-0.3, -0.25) is 48.9 Å². The normalized spacial score (nSPS) is 14.3. The minimum absolute atomic E-state index is 0.0159. The molecule has 5 heterocycles. The molecule has 342 valence electrons. The smallest absolute Gasteiger partial charge is 0.348 e.